The van der Waals surface area contributed by atoms with Crippen LogP contribution in [0.3, 0.4) is 0 Å². The summed E-state index contributed by atoms with van der Waals surface area (Å²) in [5.41, 5.74) is -3.76. The molecule has 1 amide bonds. The first-order valence-corrected chi connectivity index (χ1v) is 13.6. The fraction of sp³-hybridized carbons (Fsp3) is 0. The Morgan fingerprint density at radius 1 is 0.756 bits per heavy atom. The van der Waals surface area contributed by atoms with Crippen LogP contribution >= 0.6 is 0 Å². The smallest absolute Gasteiger partial charge is 0.744 e. The zero-order valence-electron chi connectivity index (χ0n) is 23.9. The molecule has 2 aromatic carbocycles. The number of benzene rings is 2. The van der Waals surface area contributed by atoms with Gasteiger partial charge in [0.25, 0.3) is 11.5 Å². The first-order valence-electron chi connectivity index (χ1n) is 10.8. The fourth-order valence-corrected chi connectivity index (χ4v) is 4.53. The standard InChI is InChI=1S/C23H16N4O12S2.4Na/c28-20-16(18(22(30)31)24-26(20)12-4-8-14(9-5-12)40(34,35)36)2-1-3-17-19(23(32)33)25-27(21(17)29)13-6-10-15(11-7-13)41(37,38)39;;;;/h1-11,24H,(H,30,31)(H,32,33)(H,34,35,36)(H,37,38,39);;;;/q;4*+1/p-4. The SMILES string of the molecule is O=C([O-])C1=NN(c2ccc(S(=O)(=O)[O-])cc2)C(=O)C1=CC=Cc1c(C(=O)[O-])[nH]n(-c2ccc(S(=O)(=O)[O-])cc2)c1=O.[Na+].[Na+].[Na+].[Na+]. The number of aromatic nitrogens is 2. The predicted octanol–water partition coefficient (Wildman–Crippen LogP) is -14.6. The number of nitrogens with one attached hydrogen (secondary N) is 1. The van der Waals surface area contributed by atoms with Crippen molar-refractivity contribution in [3.63, 3.8) is 0 Å². The number of rotatable bonds is 8. The van der Waals surface area contributed by atoms with Crippen molar-refractivity contribution in [1.29, 1.82) is 0 Å². The molecule has 0 saturated heterocycles. The summed E-state index contributed by atoms with van der Waals surface area (Å²) in [6, 6.07) is 7.74. The van der Waals surface area contributed by atoms with E-state index in [0.717, 1.165) is 66.8 Å². The first-order chi connectivity index (χ1) is 19.1. The quantitative estimate of drug-likeness (QED) is 0.131. The molecular formula is C23H12N4Na4O12S2. The number of carbonyl (C=O) groups excluding carboxylic acids is 3. The number of nitrogens with zero attached hydrogens (tertiary/aromatic N) is 3. The Labute approximate surface area is 342 Å². The van der Waals surface area contributed by atoms with Gasteiger partial charge in [0.05, 0.1) is 49.9 Å². The summed E-state index contributed by atoms with van der Waals surface area (Å²) >= 11 is 0. The van der Waals surface area contributed by atoms with Gasteiger partial charge < -0.3 is 28.9 Å². The molecule has 0 fully saturated rings. The molecule has 0 aliphatic carbocycles. The van der Waals surface area contributed by atoms with Gasteiger partial charge in [0.2, 0.25) is 0 Å². The zero-order chi connectivity index (χ0) is 30.3. The van der Waals surface area contributed by atoms with Crippen molar-refractivity contribution in [2.75, 3.05) is 5.01 Å². The largest absolute Gasteiger partial charge is 1.00 e. The van der Waals surface area contributed by atoms with Crippen molar-refractivity contribution in [3.05, 3.63) is 87.9 Å². The molecule has 0 spiro atoms. The van der Waals surface area contributed by atoms with E-state index < -0.39 is 76.0 Å². The van der Waals surface area contributed by atoms with E-state index in [1.54, 1.807) is 0 Å². The summed E-state index contributed by atoms with van der Waals surface area (Å²) in [5, 5.41) is 29.7. The number of anilines is 1. The van der Waals surface area contributed by atoms with E-state index in [1.165, 1.54) is 0 Å². The summed E-state index contributed by atoms with van der Waals surface area (Å²) in [6.45, 7) is 0. The molecule has 1 aliphatic rings. The minimum atomic E-state index is -4.79. The summed E-state index contributed by atoms with van der Waals surface area (Å²) in [6.07, 6.45) is 2.79. The molecule has 1 aliphatic heterocycles. The fourth-order valence-electron chi connectivity index (χ4n) is 3.59. The number of H-pyrrole nitrogens is 1. The number of carbonyl (C=O) groups is 3. The second kappa shape index (κ2) is 17.3. The number of carboxylic acid groups (broad SMARTS) is 2. The molecule has 45 heavy (non-hydrogen) atoms. The van der Waals surface area contributed by atoms with Crippen LogP contribution < -0.4 is 139 Å². The van der Waals surface area contributed by atoms with Gasteiger partial charge in [0, 0.05) is 0 Å². The first kappa shape index (κ1) is 43.8. The maximum atomic E-state index is 12.9. The van der Waals surface area contributed by atoms with E-state index >= 15 is 0 Å². The van der Waals surface area contributed by atoms with E-state index in [0.29, 0.717) is 9.69 Å². The molecule has 3 aromatic rings. The molecule has 16 nitrogen and oxygen atoms in total. The molecule has 0 unspecified atom stereocenters. The Hall–Kier alpha value is -1.17. The molecule has 1 aromatic heterocycles. The Morgan fingerprint density at radius 2 is 1.22 bits per heavy atom. The Balaban J connectivity index is 0.00000484. The number of hydrazone groups is 1. The summed E-state index contributed by atoms with van der Waals surface area (Å²) in [7, 11) is -9.58. The number of aromatic amines is 1. The van der Waals surface area contributed by atoms with Crippen molar-refractivity contribution >= 4 is 55.6 Å². The third kappa shape index (κ3) is 9.92. The Kier molecular flexibility index (Phi) is 16.8. The molecule has 212 valence electrons. The average molecular weight is 692 g/mol. The van der Waals surface area contributed by atoms with Gasteiger partial charge >= 0.3 is 118 Å². The molecule has 2 heterocycles. The summed E-state index contributed by atoms with van der Waals surface area (Å²) in [4.78, 5) is 47.8. The van der Waals surface area contributed by atoms with Crippen LogP contribution in [-0.2, 0) is 29.8 Å². The van der Waals surface area contributed by atoms with Gasteiger partial charge in [0.1, 0.15) is 25.9 Å². The second-order valence-electron chi connectivity index (χ2n) is 8.02. The minimum Gasteiger partial charge on any atom is -0.744 e. The topological polar surface area (TPSA) is 265 Å². The van der Waals surface area contributed by atoms with Crippen molar-refractivity contribution in [2.24, 2.45) is 5.10 Å². The monoisotopic (exact) mass is 692 g/mol. The van der Waals surface area contributed by atoms with Crippen molar-refractivity contribution in [3.8, 4) is 5.69 Å². The van der Waals surface area contributed by atoms with Crippen molar-refractivity contribution < 1.29 is 169 Å². The normalized spacial score (nSPS) is 13.7. The van der Waals surface area contributed by atoms with Crippen LogP contribution in [0.25, 0.3) is 11.8 Å². The molecule has 0 atom stereocenters. The Bertz CT molecular complexity index is 1990. The zero-order valence-corrected chi connectivity index (χ0v) is 33.5. The molecular weight excluding hydrogens is 680 g/mol. The van der Waals surface area contributed by atoms with Crippen LogP contribution in [0.1, 0.15) is 16.1 Å². The second-order valence-corrected chi connectivity index (χ2v) is 10.8. The number of hydrogen-bond acceptors (Lipinski definition) is 13. The van der Waals surface area contributed by atoms with Gasteiger partial charge in [-0.05, 0) is 60.7 Å². The number of carboxylic acids is 2. The molecule has 0 radical (unpaired) electrons. The third-order valence-corrected chi connectivity index (χ3v) is 7.18. The minimum absolute atomic E-state index is 0. The Morgan fingerprint density at radius 3 is 1.64 bits per heavy atom. The third-order valence-electron chi connectivity index (χ3n) is 5.48. The van der Waals surface area contributed by atoms with E-state index in [2.05, 4.69) is 10.2 Å². The molecule has 0 saturated carbocycles. The number of allylic oxidation sites excluding steroid dienone is 2. The summed E-state index contributed by atoms with van der Waals surface area (Å²) < 4.78 is 67.4. The van der Waals surface area contributed by atoms with Gasteiger partial charge in [-0.2, -0.15) is 10.1 Å². The number of amides is 1. The van der Waals surface area contributed by atoms with Gasteiger partial charge in [-0.1, -0.05) is 6.08 Å². The number of hydrogen-bond donors (Lipinski definition) is 1. The predicted molar refractivity (Wildman–Crippen MR) is 130 cm³/mol. The van der Waals surface area contributed by atoms with Gasteiger partial charge in [-0.3, -0.25) is 14.7 Å². The molecule has 0 bridgehead atoms. The maximum absolute atomic E-state index is 12.9. The van der Waals surface area contributed by atoms with Gasteiger partial charge in [0.15, 0.2) is 0 Å². The average Bonchev–Trinajstić information content (AvgIpc) is 3.40. The van der Waals surface area contributed by atoms with Gasteiger partial charge in [-0.25, -0.2) is 21.5 Å². The van der Waals surface area contributed by atoms with Crippen LogP contribution in [-0.4, -0.2) is 59.3 Å². The maximum Gasteiger partial charge on any atom is 1.00 e. The van der Waals surface area contributed by atoms with E-state index in [9.17, 15) is 55.3 Å². The van der Waals surface area contributed by atoms with E-state index in [4.69, 9.17) is 0 Å². The molecule has 22 heteroatoms. The van der Waals surface area contributed by atoms with Crippen molar-refractivity contribution in [2.45, 2.75) is 9.79 Å². The number of aromatic carboxylic acids is 1. The number of aliphatic carboxylic acids is 1. The van der Waals surface area contributed by atoms with Crippen LogP contribution in [0.4, 0.5) is 5.69 Å². The van der Waals surface area contributed by atoms with Crippen molar-refractivity contribution in [1.82, 2.24) is 9.78 Å². The van der Waals surface area contributed by atoms with Gasteiger partial charge in [-0.15, -0.1) is 0 Å². The van der Waals surface area contributed by atoms with Crippen LogP contribution in [0.2, 0.25) is 0 Å². The van der Waals surface area contributed by atoms with Crippen LogP contribution in [0.15, 0.2) is 85.9 Å². The van der Waals surface area contributed by atoms with Crippen LogP contribution in [0.5, 0.6) is 0 Å². The van der Waals surface area contributed by atoms with E-state index in [1.807, 2.05) is 0 Å². The molecule has 1 N–H and O–H groups in total. The van der Waals surface area contributed by atoms with E-state index in [-0.39, 0.29) is 130 Å². The van der Waals surface area contributed by atoms with Crippen LogP contribution in [0, 0.1) is 0 Å². The summed E-state index contributed by atoms with van der Waals surface area (Å²) in [5.74, 6) is -4.72. The molecule has 4 rings (SSSR count).